The Kier molecular flexibility index (Phi) is 5.97. The Bertz CT molecular complexity index is 2220. The van der Waals surface area contributed by atoms with Crippen LogP contribution in [0.15, 0.2) is 121 Å². The standard InChI is InChI=1S/C37H25N6/c1-23-2-7-32-33(12-23)35-14-25(27-6-11-37(43-20-27)29-17-40-22-41-18-29)4-9-31(35)30-8-3-24(13-34(30)32)26-5-10-36(42-19-26)28-15-38-21-39-16-28/h2-15,17-22H,16H2,1H3/q-1. The topological polar surface area (TPSA) is 78.0 Å². The maximum absolute atomic E-state index is 4.73. The molecule has 8 rings (SSSR count). The van der Waals surface area contributed by atoms with Gasteiger partial charge in [0.15, 0.2) is 0 Å². The van der Waals surface area contributed by atoms with Crippen LogP contribution in [-0.4, -0.2) is 32.8 Å². The molecule has 0 unspecified atom stereocenters. The molecule has 7 aromatic rings. The average Bonchev–Trinajstić information content (AvgIpc) is 3.09. The lowest BCUT2D eigenvalue weighted by atomic mass is 9.90. The molecule has 4 heterocycles. The van der Waals surface area contributed by atoms with Gasteiger partial charge in [-0.3, -0.25) is 9.97 Å². The SMILES string of the molecule is Cc1ccc2c(c1)c1cc(-c3ccc(-c4cncnc4)nc3)ccc1c1ccc(-c3ccc(C4=CN=C[N-]C4)nc3)cc12. The van der Waals surface area contributed by atoms with Gasteiger partial charge in [0.1, 0.15) is 6.33 Å². The zero-order valence-corrected chi connectivity index (χ0v) is 23.4. The smallest absolute Gasteiger partial charge is 0.115 e. The molecule has 1 aliphatic rings. The van der Waals surface area contributed by atoms with Crippen LogP contribution in [0.4, 0.5) is 0 Å². The van der Waals surface area contributed by atoms with Gasteiger partial charge in [-0.25, -0.2) is 9.97 Å². The molecule has 0 N–H and O–H groups in total. The number of pyridine rings is 2. The van der Waals surface area contributed by atoms with Gasteiger partial charge in [0, 0.05) is 41.5 Å². The summed E-state index contributed by atoms with van der Waals surface area (Å²) in [5, 5.41) is 11.7. The van der Waals surface area contributed by atoms with Gasteiger partial charge in [-0.2, -0.15) is 0 Å². The molecule has 204 valence electrons. The first-order chi connectivity index (χ1) is 21.2. The zero-order valence-electron chi connectivity index (χ0n) is 23.4. The van der Waals surface area contributed by atoms with E-state index in [1.165, 1.54) is 44.2 Å². The van der Waals surface area contributed by atoms with Crippen LogP contribution in [0.1, 0.15) is 11.3 Å². The lowest BCUT2D eigenvalue weighted by molar-refractivity contribution is 1.16. The minimum absolute atomic E-state index is 0.608. The van der Waals surface area contributed by atoms with E-state index >= 15 is 0 Å². The van der Waals surface area contributed by atoms with Crippen molar-refractivity contribution in [2.24, 2.45) is 4.99 Å². The quantitative estimate of drug-likeness (QED) is 0.204. The molecule has 0 bridgehead atoms. The van der Waals surface area contributed by atoms with Crippen LogP contribution in [0.3, 0.4) is 0 Å². The number of hydrogen-bond acceptors (Lipinski definition) is 5. The maximum Gasteiger partial charge on any atom is 0.115 e. The Labute approximate surface area is 248 Å². The first-order valence-electron chi connectivity index (χ1n) is 14.2. The van der Waals surface area contributed by atoms with Gasteiger partial charge >= 0.3 is 0 Å². The van der Waals surface area contributed by atoms with Crippen molar-refractivity contribution in [3.63, 3.8) is 0 Å². The van der Waals surface area contributed by atoms with Crippen molar-refractivity contribution in [1.29, 1.82) is 0 Å². The Morgan fingerprint density at radius 3 is 1.74 bits per heavy atom. The average molecular weight is 554 g/mol. The predicted octanol–water partition coefficient (Wildman–Crippen LogP) is 8.79. The van der Waals surface area contributed by atoms with Crippen LogP contribution in [0, 0.1) is 6.92 Å². The van der Waals surface area contributed by atoms with E-state index in [0.717, 1.165) is 44.8 Å². The van der Waals surface area contributed by atoms with Crippen molar-refractivity contribution < 1.29 is 0 Å². The maximum atomic E-state index is 4.73. The second kappa shape index (κ2) is 10.3. The second-order valence-corrected chi connectivity index (χ2v) is 10.8. The molecular weight excluding hydrogens is 528 g/mol. The van der Waals surface area contributed by atoms with E-state index in [0.29, 0.717) is 6.54 Å². The highest BCUT2D eigenvalue weighted by molar-refractivity contribution is 6.26. The lowest BCUT2D eigenvalue weighted by Crippen LogP contribution is -1.97. The van der Waals surface area contributed by atoms with Crippen molar-refractivity contribution in [2.45, 2.75) is 6.92 Å². The summed E-state index contributed by atoms with van der Waals surface area (Å²) in [6, 6.07) is 28.5. The van der Waals surface area contributed by atoms with Crippen LogP contribution >= 0.6 is 0 Å². The third kappa shape index (κ3) is 4.50. The van der Waals surface area contributed by atoms with E-state index in [1.54, 1.807) is 18.7 Å². The number of nitrogens with zero attached hydrogens (tertiary/aromatic N) is 6. The number of hydrogen-bond donors (Lipinski definition) is 0. The molecule has 3 aromatic heterocycles. The van der Waals surface area contributed by atoms with Gasteiger partial charge in [0.2, 0.25) is 0 Å². The van der Waals surface area contributed by atoms with Gasteiger partial charge in [-0.15, -0.1) is 6.34 Å². The normalized spacial score (nSPS) is 12.9. The third-order valence-electron chi connectivity index (χ3n) is 8.10. The minimum atomic E-state index is 0.608. The number of benzene rings is 4. The Morgan fingerprint density at radius 2 is 1.12 bits per heavy atom. The molecule has 0 saturated carbocycles. The molecule has 0 saturated heterocycles. The summed E-state index contributed by atoms with van der Waals surface area (Å²) >= 11 is 0. The van der Waals surface area contributed by atoms with E-state index in [2.05, 4.69) is 100.0 Å². The summed E-state index contributed by atoms with van der Waals surface area (Å²) in [6.45, 7) is 2.76. The summed E-state index contributed by atoms with van der Waals surface area (Å²) < 4.78 is 0. The molecule has 4 aromatic carbocycles. The Morgan fingerprint density at radius 1 is 0.535 bits per heavy atom. The van der Waals surface area contributed by atoms with Gasteiger partial charge < -0.3 is 10.3 Å². The highest BCUT2D eigenvalue weighted by atomic mass is 15.0. The van der Waals surface area contributed by atoms with Crippen LogP contribution in [0.5, 0.6) is 0 Å². The van der Waals surface area contributed by atoms with Crippen molar-refractivity contribution in [3.8, 4) is 33.5 Å². The first kappa shape index (κ1) is 25.0. The molecule has 0 amide bonds. The van der Waals surface area contributed by atoms with E-state index in [9.17, 15) is 0 Å². The Hall–Kier alpha value is -5.75. The summed E-state index contributed by atoms with van der Waals surface area (Å²) in [5.74, 6) is 0. The summed E-state index contributed by atoms with van der Waals surface area (Å²) in [7, 11) is 0. The number of fused-ring (bicyclic) bond motifs is 6. The van der Waals surface area contributed by atoms with Crippen LogP contribution in [0.2, 0.25) is 0 Å². The predicted molar refractivity (Wildman–Crippen MR) is 176 cm³/mol. The van der Waals surface area contributed by atoms with E-state index < -0.39 is 0 Å². The van der Waals surface area contributed by atoms with E-state index in [4.69, 9.17) is 9.97 Å². The molecule has 0 spiro atoms. The van der Waals surface area contributed by atoms with Crippen molar-refractivity contribution >= 4 is 44.2 Å². The molecule has 43 heavy (non-hydrogen) atoms. The van der Waals surface area contributed by atoms with Crippen molar-refractivity contribution in [1.82, 2.24) is 19.9 Å². The molecule has 0 atom stereocenters. The first-order valence-corrected chi connectivity index (χ1v) is 14.2. The minimum Gasteiger partial charge on any atom is -0.467 e. The highest BCUT2D eigenvalue weighted by Crippen LogP contribution is 2.39. The molecule has 1 aliphatic heterocycles. The fraction of sp³-hybridized carbons (Fsp3) is 0.0541. The monoisotopic (exact) mass is 553 g/mol. The van der Waals surface area contributed by atoms with E-state index in [-0.39, 0.29) is 0 Å². The summed E-state index contributed by atoms with van der Waals surface area (Å²) in [5.41, 5.74) is 9.35. The highest BCUT2D eigenvalue weighted by Gasteiger charge is 2.13. The largest absolute Gasteiger partial charge is 0.467 e. The summed E-state index contributed by atoms with van der Waals surface area (Å²) in [4.78, 5) is 21.8. The molecule has 0 radical (unpaired) electrons. The van der Waals surface area contributed by atoms with E-state index in [1.807, 2.05) is 24.7 Å². The molecule has 0 fully saturated rings. The Balaban J connectivity index is 1.24. The number of aromatic nitrogens is 4. The molecule has 6 heteroatoms. The van der Waals surface area contributed by atoms with Crippen LogP contribution in [-0.2, 0) is 0 Å². The number of aliphatic imine (C=N–C) groups is 1. The van der Waals surface area contributed by atoms with Gasteiger partial charge in [0.25, 0.3) is 0 Å². The molecular formula is C37H25N6-. The fourth-order valence-electron chi connectivity index (χ4n) is 5.90. The number of rotatable bonds is 4. The zero-order chi connectivity index (χ0) is 28.8. The summed E-state index contributed by atoms with van der Waals surface area (Å²) in [6.07, 6.45) is 12.4. The van der Waals surface area contributed by atoms with Crippen LogP contribution in [0.25, 0.3) is 76.7 Å². The van der Waals surface area contributed by atoms with Crippen molar-refractivity contribution in [3.05, 3.63) is 133 Å². The van der Waals surface area contributed by atoms with Gasteiger partial charge in [0.05, 0.1) is 11.4 Å². The van der Waals surface area contributed by atoms with Crippen LogP contribution < -0.4 is 0 Å². The van der Waals surface area contributed by atoms with Crippen molar-refractivity contribution in [2.75, 3.05) is 6.54 Å². The molecule has 6 nitrogen and oxygen atoms in total. The molecule has 0 aliphatic carbocycles. The number of aryl methyl sites for hydroxylation is 1. The second-order valence-electron chi connectivity index (χ2n) is 10.8. The van der Waals surface area contributed by atoms with Gasteiger partial charge in [-0.1, -0.05) is 66.4 Å². The fourth-order valence-corrected chi connectivity index (χ4v) is 5.90. The lowest BCUT2D eigenvalue weighted by Gasteiger charge is -2.17. The van der Waals surface area contributed by atoms with Gasteiger partial charge in [-0.05, 0) is 86.8 Å². The third-order valence-corrected chi connectivity index (χ3v) is 8.10.